The lowest BCUT2D eigenvalue weighted by Gasteiger charge is -2.06. The molecule has 0 aliphatic heterocycles. The Morgan fingerprint density at radius 3 is 2.70 bits per heavy atom. The molecule has 7 heteroatoms. The van der Waals surface area contributed by atoms with Crippen LogP contribution in [0.5, 0.6) is 5.75 Å². The summed E-state index contributed by atoms with van der Waals surface area (Å²) < 4.78 is 7.33. The minimum atomic E-state index is 0.399. The van der Waals surface area contributed by atoms with Gasteiger partial charge in [0.25, 0.3) is 0 Å². The Morgan fingerprint density at radius 1 is 1.22 bits per heavy atom. The molecule has 116 valence electrons. The monoisotopic (exact) mass is 344 g/mol. The first-order valence-corrected chi connectivity index (χ1v) is 7.58. The molecule has 0 bridgehead atoms. The van der Waals surface area contributed by atoms with Crippen LogP contribution in [0.25, 0.3) is 11.4 Å². The van der Waals surface area contributed by atoms with Gasteiger partial charge in [0, 0.05) is 5.02 Å². The summed E-state index contributed by atoms with van der Waals surface area (Å²) in [7, 11) is 1.61. The molecule has 1 N–H and O–H groups in total. The zero-order valence-electron chi connectivity index (χ0n) is 12.2. The van der Waals surface area contributed by atoms with Crippen LogP contribution < -0.4 is 4.74 Å². The first kappa shape index (κ1) is 15.5. The summed E-state index contributed by atoms with van der Waals surface area (Å²) in [6, 6.07) is 14.9. The van der Waals surface area contributed by atoms with Crippen molar-refractivity contribution in [3.8, 4) is 17.1 Å². The summed E-state index contributed by atoms with van der Waals surface area (Å²) in [5, 5.41) is 12.1. The van der Waals surface area contributed by atoms with Crippen molar-refractivity contribution in [1.29, 1.82) is 0 Å². The number of ether oxygens (including phenoxy) is 1. The lowest BCUT2D eigenvalue weighted by atomic mass is 10.2. The van der Waals surface area contributed by atoms with E-state index >= 15 is 0 Å². The first-order chi connectivity index (χ1) is 11.2. The van der Waals surface area contributed by atoms with Crippen molar-refractivity contribution in [2.75, 3.05) is 7.11 Å². The normalized spacial score (nSPS) is 11.0. The number of benzene rings is 2. The molecule has 0 radical (unpaired) electrons. The topological polar surface area (TPSA) is 55.2 Å². The third-order valence-corrected chi connectivity index (χ3v) is 3.71. The van der Waals surface area contributed by atoms with Gasteiger partial charge in [0.2, 0.25) is 4.77 Å². The summed E-state index contributed by atoms with van der Waals surface area (Å²) in [5.41, 5.74) is 1.71. The molecule has 0 saturated carbocycles. The van der Waals surface area contributed by atoms with Crippen LogP contribution in [-0.4, -0.2) is 28.2 Å². The Hall–Kier alpha value is -2.44. The quantitative estimate of drug-likeness (QED) is 0.571. The van der Waals surface area contributed by atoms with E-state index in [-0.39, 0.29) is 0 Å². The molecule has 3 aromatic rings. The number of aromatic nitrogens is 3. The average molecular weight is 345 g/mol. The SMILES string of the molecule is COc1ccccc1-c1n[nH]c(=S)n1N=Cc1ccc(Cl)cc1. The van der Waals surface area contributed by atoms with Crippen LogP contribution in [0.1, 0.15) is 5.56 Å². The van der Waals surface area contributed by atoms with Gasteiger partial charge < -0.3 is 4.74 Å². The van der Waals surface area contributed by atoms with Crippen molar-refractivity contribution in [2.24, 2.45) is 5.10 Å². The predicted octanol–water partition coefficient (Wildman–Crippen LogP) is 4.15. The van der Waals surface area contributed by atoms with Crippen LogP contribution in [0.15, 0.2) is 53.6 Å². The van der Waals surface area contributed by atoms with E-state index in [4.69, 9.17) is 28.6 Å². The third-order valence-electron chi connectivity index (χ3n) is 3.19. The molecule has 0 fully saturated rings. The highest BCUT2D eigenvalue weighted by Gasteiger charge is 2.12. The molecule has 0 unspecified atom stereocenters. The maximum atomic E-state index is 5.88. The maximum absolute atomic E-state index is 5.88. The smallest absolute Gasteiger partial charge is 0.216 e. The summed E-state index contributed by atoms with van der Waals surface area (Å²) in [6.07, 6.45) is 1.70. The molecule has 5 nitrogen and oxygen atoms in total. The lowest BCUT2D eigenvalue weighted by molar-refractivity contribution is 0.416. The lowest BCUT2D eigenvalue weighted by Crippen LogP contribution is -1.97. The molecule has 3 rings (SSSR count). The highest BCUT2D eigenvalue weighted by Crippen LogP contribution is 2.28. The number of rotatable bonds is 4. The number of hydrogen-bond acceptors (Lipinski definition) is 4. The summed E-state index contributed by atoms with van der Waals surface area (Å²) in [6.45, 7) is 0. The van der Waals surface area contributed by atoms with Gasteiger partial charge in [0.15, 0.2) is 5.82 Å². The highest BCUT2D eigenvalue weighted by molar-refractivity contribution is 7.71. The molecule has 0 atom stereocenters. The van der Waals surface area contributed by atoms with Crippen molar-refractivity contribution >= 4 is 30.0 Å². The van der Waals surface area contributed by atoms with Gasteiger partial charge in [-0.15, -0.1) is 0 Å². The number of aromatic amines is 1. The third kappa shape index (κ3) is 3.33. The zero-order chi connectivity index (χ0) is 16.2. The van der Waals surface area contributed by atoms with Gasteiger partial charge in [-0.25, -0.2) is 5.10 Å². The first-order valence-electron chi connectivity index (χ1n) is 6.80. The second kappa shape index (κ2) is 6.76. The summed E-state index contributed by atoms with van der Waals surface area (Å²) in [4.78, 5) is 0. The summed E-state index contributed by atoms with van der Waals surface area (Å²) in [5.74, 6) is 1.28. The van der Waals surface area contributed by atoms with Crippen LogP contribution in [0.3, 0.4) is 0 Å². The Balaban J connectivity index is 2.02. The van der Waals surface area contributed by atoms with Crippen LogP contribution in [-0.2, 0) is 0 Å². The summed E-state index contributed by atoms with van der Waals surface area (Å²) >= 11 is 11.1. The van der Waals surface area contributed by atoms with Crippen molar-refractivity contribution < 1.29 is 4.74 Å². The van der Waals surface area contributed by atoms with E-state index in [9.17, 15) is 0 Å². The van der Waals surface area contributed by atoms with Crippen molar-refractivity contribution in [3.63, 3.8) is 0 Å². The molecule has 1 aromatic heterocycles. The molecule has 0 aliphatic carbocycles. The highest BCUT2D eigenvalue weighted by atomic mass is 35.5. The molecule has 0 amide bonds. The van der Waals surface area contributed by atoms with Crippen molar-refractivity contribution in [1.82, 2.24) is 14.9 Å². The maximum Gasteiger partial charge on any atom is 0.216 e. The van der Waals surface area contributed by atoms with E-state index < -0.39 is 0 Å². The zero-order valence-corrected chi connectivity index (χ0v) is 13.8. The van der Waals surface area contributed by atoms with E-state index in [0.29, 0.717) is 21.4 Å². The molecule has 0 spiro atoms. The van der Waals surface area contributed by atoms with E-state index in [1.54, 1.807) is 30.1 Å². The fourth-order valence-corrected chi connectivity index (χ4v) is 2.38. The molecular weight excluding hydrogens is 332 g/mol. The molecular formula is C16H13ClN4OS. The van der Waals surface area contributed by atoms with Crippen LogP contribution in [0, 0.1) is 4.77 Å². The van der Waals surface area contributed by atoms with E-state index in [0.717, 1.165) is 11.1 Å². The Labute approximate surface area is 143 Å². The van der Waals surface area contributed by atoms with E-state index in [1.807, 2.05) is 36.4 Å². The average Bonchev–Trinajstić information content (AvgIpc) is 2.95. The predicted molar refractivity (Wildman–Crippen MR) is 93.8 cm³/mol. The van der Waals surface area contributed by atoms with Crippen LogP contribution in [0.2, 0.25) is 5.02 Å². The largest absolute Gasteiger partial charge is 0.496 e. The minimum absolute atomic E-state index is 0.399. The second-order valence-electron chi connectivity index (χ2n) is 4.66. The minimum Gasteiger partial charge on any atom is -0.496 e. The molecule has 0 saturated heterocycles. The molecule has 1 heterocycles. The van der Waals surface area contributed by atoms with Gasteiger partial charge in [-0.2, -0.15) is 14.9 Å². The number of halogens is 1. The standard InChI is InChI=1S/C16H13ClN4OS/c1-22-14-5-3-2-4-13(14)15-19-20-16(23)21(15)18-10-11-6-8-12(17)9-7-11/h2-10H,1H3,(H,20,23). The second-order valence-corrected chi connectivity index (χ2v) is 5.48. The van der Waals surface area contributed by atoms with Crippen molar-refractivity contribution in [3.05, 3.63) is 63.9 Å². The van der Waals surface area contributed by atoms with Gasteiger partial charge in [0.1, 0.15) is 5.75 Å². The van der Waals surface area contributed by atoms with Gasteiger partial charge in [0.05, 0.1) is 18.9 Å². The molecule has 23 heavy (non-hydrogen) atoms. The van der Waals surface area contributed by atoms with E-state index in [2.05, 4.69) is 15.3 Å². The molecule has 2 aromatic carbocycles. The number of hydrogen-bond donors (Lipinski definition) is 1. The fraction of sp³-hybridized carbons (Fsp3) is 0.0625. The fourth-order valence-electron chi connectivity index (χ4n) is 2.08. The number of nitrogens with zero attached hydrogens (tertiary/aromatic N) is 3. The van der Waals surface area contributed by atoms with Gasteiger partial charge in [-0.05, 0) is 42.0 Å². The molecule has 0 aliphatic rings. The van der Waals surface area contributed by atoms with Crippen LogP contribution >= 0.6 is 23.8 Å². The Bertz CT molecular complexity index is 899. The van der Waals surface area contributed by atoms with Gasteiger partial charge >= 0.3 is 0 Å². The van der Waals surface area contributed by atoms with Gasteiger partial charge in [-0.3, -0.25) is 0 Å². The van der Waals surface area contributed by atoms with Crippen molar-refractivity contribution in [2.45, 2.75) is 0 Å². The van der Waals surface area contributed by atoms with E-state index in [1.165, 1.54) is 0 Å². The number of para-hydroxylation sites is 1. The number of H-pyrrole nitrogens is 1. The number of methoxy groups -OCH3 is 1. The Kier molecular flexibility index (Phi) is 4.55. The van der Waals surface area contributed by atoms with Crippen LogP contribution in [0.4, 0.5) is 0 Å². The van der Waals surface area contributed by atoms with Gasteiger partial charge in [-0.1, -0.05) is 35.9 Å². The Morgan fingerprint density at radius 2 is 1.96 bits per heavy atom. The number of nitrogens with one attached hydrogen (secondary N) is 1.